The van der Waals surface area contributed by atoms with Crippen LogP contribution in [0.4, 0.5) is 13.2 Å². The molecule has 0 aliphatic heterocycles. The SMILES string of the molecule is C=CC[C@H](N)c1cc(C(F)(F)F)ccc1Br. The van der Waals surface area contributed by atoms with Gasteiger partial charge in [0.05, 0.1) is 5.56 Å². The first kappa shape index (κ1) is 13.3. The highest BCUT2D eigenvalue weighted by Gasteiger charge is 2.31. The average Bonchev–Trinajstić information content (AvgIpc) is 2.16. The van der Waals surface area contributed by atoms with E-state index in [-0.39, 0.29) is 0 Å². The van der Waals surface area contributed by atoms with Crippen molar-refractivity contribution >= 4 is 15.9 Å². The van der Waals surface area contributed by atoms with E-state index in [1.165, 1.54) is 6.07 Å². The average molecular weight is 294 g/mol. The quantitative estimate of drug-likeness (QED) is 0.836. The number of benzene rings is 1. The zero-order chi connectivity index (χ0) is 12.3. The maximum absolute atomic E-state index is 12.5. The van der Waals surface area contributed by atoms with Gasteiger partial charge in [0, 0.05) is 10.5 Å². The molecule has 1 aromatic carbocycles. The highest BCUT2D eigenvalue weighted by atomic mass is 79.9. The number of rotatable bonds is 3. The van der Waals surface area contributed by atoms with Crippen molar-refractivity contribution in [3.63, 3.8) is 0 Å². The molecule has 0 heterocycles. The summed E-state index contributed by atoms with van der Waals surface area (Å²) >= 11 is 3.19. The first-order valence-electron chi connectivity index (χ1n) is 4.59. The van der Waals surface area contributed by atoms with Crippen LogP contribution in [-0.2, 0) is 6.18 Å². The first-order chi connectivity index (χ1) is 7.36. The monoisotopic (exact) mass is 293 g/mol. The Morgan fingerprint density at radius 1 is 1.44 bits per heavy atom. The molecule has 0 fully saturated rings. The number of alkyl halides is 3. The van der Waals surface area contributed by atoms with Crippen LogP contribution in [-0.4, -0.2) is 0 Å². The minimum absolute atomic E-state index is 0.430. The van der Waals surface area contributed by atoms with Crippen LogP contribution in [0.2, 0.25) is 0 Å². The van der Waals surface area contributed by atoms with Crippen LogP contribution in [0, 0.1) is 0 Å². The van der Waals surface area contributed by atoms with Gasteiger partial charge in [-0.25, -0.2) is 0 Å². The third-order valence-electron chi connectivity index (χ3n) is 2.14. The van der Waals surface area contributed by atoms with Gasteiger partial charge in [0.2, 0.25) is 0 Å². The predicted octanol–water partition coefficient (Wildman–Crippen LogP) is 4.04. The lowest BCUT2D eigenvalue weighted by Gasteiger charge is -2.15. The molecule has 5 heteroatoms. The van der Waals surface area contributed by atoms with Gasteiger partial charge >= 0.3 is 6.18 Å². The van der Waals surface area contributed by atoms with Crippen molar-refractivity contribution in [1.29, 1.82) is 0 Å². The topological polar surface area (TPSA) is 26.0 Å². The molecule has 1 rings (SSSR count). The molecule has 0 unspecified atom stereocenters. The van der Waals surface area contributed by atoms with Crippen molar-refractivity contribution in [1.82, 2.24) is 0 Å². The van der Waals surface area contributed by atoms with Crippen LogP contribution < -0.4 is 5.73 Å². The van der Waals surface area contributed by atoms with E-state index in [1.807, 2.05) is 0 Å². The van der Waals surface area contributed by atoms with E-state index >= 15 is 0 Å². The number of nitrogens with two attached hydrogens (primary N) is 1. The molecule has 0 saturated carbocycles. The van der Waals surface area contributed by atoms with Gasteiger partial charge in [-0.05, 0) is 30.2 Å². The van der Waals surface area contributed by atoms with Crippen molar-refractivity contribution in [2.75, 3.05) is 0 Å². The Balaban J connectivity index is 3.13. The number of halogens is 4. The summed E-state index contributed by atoms with van der Waals surface area (Å²) in [5, 5.41) is 0. The minimum atomic E-state index is -4.34. The molecular formula is C11H11BrF3N. The van der Waals surface area contributed by atoms with Crippen LogP contribution in [0.5, 0.6) is 0 Å². The molecule has 0 amide bonds. The van der Waals surface area contributed by atoms with Crippen LogP contribution in [0.3, 0.4) is 0 Å². The molecule has 2 N–H and O–H groups in total. The van der Waals surface area contributed by atoms with Crippen LogP contribution >= 0.6 is 15.9 Å². The van der Waals surface area contributed by atoms with Gasteiger partial charge in [-0.15, -0.1) is 6.58 Å². The van der Waals surface area contributed by atoms with Crippen molar-refractivity contribution in [2.24, 2.45) is 5.73 Å². The first-order valence-corrected chi connectivity index (χ1v) is 5.38. The van der Waals surface area contributed by atoms with E-state index in [0.29, 0.717) is 16.5 Å². The number of hydrogen-bond acceptors (Lipinski definition) is 1. The zero-order valence-corrected chi connectivity index (χ0v) is 9.98. The highest BCUT2D eigenvalue weighted by molar-refractivity contribution is 9.10. The summed E-state index contributed by atoms with van der Waals surface area (Å²) in [6.45, 7) is 3.51. The standard InChI is InChI=1S/C11H11BrF3N/c1-2-3-10(16)8-6-7(11(13,14)15)4-5-9(8)12/h2,4-6,10H,1,3,16H2/t10-/m0/s1. The van der Waals surface area contributed by atoms with Gasteiger partial charge in [-0.3, -0.25) is 0 Å². The lowest BCUT2D eigenvalue weighted by atomic mass is 10.0. The van der Waals surface area contributed by atoms with Crippen molar-refractivity contribution in [3.05, 3.63) is 46.5 Å². The third-order valence-corrected chi connectivity index (χ3v) is 2.87. The molecule has 0 saturated heterocycles. The molecule has 1 atom stereocenters. The van der Waals surface area contributed by atoms with Gasteiger partial charge in [0.1, 0.15) is 0 Å². The van der Waals surface area contributed by atoms with E-state index in [9.17, 15) is 13.2 Å². The molecule has 88 valence electrons. The lowest BCUT2D eigenvalue weighted by Crippen LogP contribution is -2.12. The predicted molar refractivity (Wildman–Crippen MR) is 60.9 cm³/mol. The van der Waals surface area contributed by atoms with Gasteiger partial charge in [0.25, 0.3) is 0 Å². The maximum atomic E-state index is 12.5. The molecule has 1 aromatic rings. The second kappa shape index (κ2) is 5.01. The van der Waals surface area contributed by atoms with Gasteiger partial charge in [-0.2, -0.15) is 13.2 Å². The summed E-state index contributed by atoms with van der Waals surface area (Å²) < 4.78 is 38.0. The molecule has 1 nitrogen and oxygen atoms in total. The van der Waals surface area contributed by atoms with Crippen molar-refractivity contribution < 1.29 is 13.2 Å². The fourth-order valence-corrected chi connectivity index (χ4v) is 1.85. The van der Waals surface area contributed by atoms with Crippen molar-refractivity contribution in [2.45, 2.75) is 18.6 Å². The smallest absolute Gasteiger partial charge is 0.324 e. The van der Waals surface area contributed by atoms with Crippen molar-refractivity contribution in [3.8, 4) is 0 Å². The normalized spacial score (nSPS) is 13.6. The zero-order valence-electron chi connectivity index (χ0n) is 8.39. The summed E-state index contributed by atoms with van der Waals surface area (Å²) in [4.78, 5) is 0. The fourth-order valence-electron chi connectivity index (χ4n) is 1.31. The number of hydrogen-bond donors (Lipinski definition) is 1. The Bertz CT molecular complexity index is 387. The lowest BCUT2D eigenvalue weighted by molar-refractivity contribution is -0.137. The summed E-state index contributed by atoms with van der Waals surface area (Å²) in [5.41, 5.74) is 5.50. The van der Waals surface area contributed by atoms with E-state index in [2.05, 4.69) is 22.5 Å². The Labute approximate surface area is 100 Å². The highest BCUT2D eigenvalue weighted by Crippen LogP contribution is 2.34. The fraction of sp³-hybridized carbons (Fsp3) is 0.273. The Morgan fingerprint density at radius 3 is 2.56 bits per heavy atom. The van der Waals surface area contributed by atoms with Crippen LogP contribution in [0.25, 0.3) is 0 Å². The second-order valence-electron chi connectivity index (χ2n) is 3.36. The second-order valence-corrected chi connectivity index (χ2v) is 4.22. The van der Waals surface area contributed by atoms with Gasteiger partial charge < -0.3 is 5.73 Å². The Kier molecular flexibility index (Phi) is 4.15. The molecule has 0 aliphatic carbocycles. The van der Waals surface area contributed by atoms with E-state index in [0.717, 1.165) is 12.1 Å². The molecule has 0 aliphatic rings. The van der Waals surface area contributed by atoms with Gasteiger partial charge in [-0.1, -0.05) is 22.0 Å². The van der Waals surface area contributed by atoms with E-state index < -0.39 is 17.8 Å². The largest absolute Gasteiger partial charge is 0.416 e. The summed E-state index contributed by atoms with van der Waals surface area (Å²) in [7, 11) is 0. The Morgan fingerprint density at radius 2 is 2.06 bits per heavy atom. The summed E-state index contributed by atoms with van der Waals surface area (Å²) in [6.07, 6.45) is -2.33. The molecule has 0 radical (unpaired) electrons. The minimum Gasteiger partial charge on any atom is -0.324 e. The Hall–Kier alpha value is -0.810. The summed E-state index contributed by atoms with van der Waals surface area (Å²) in [5.74, 6) is 0. The molecule has 0 spiro atoms. The third kappa shape index (κ3) is 3.09. The van der Waals surface area contributed by atoms with Crippen LogP contribution in [0.15, 0.2) is 35.3 Å². The van der Waals surface area contributed by atoms with Crippen LogP contribution in [0.1, 0.15) is 23.6 Å². The molecule has 16 heavy (non-hydrogen) atoms. The van der Waals surface area contributed by atoms with E-state index in [1.54, 1.807) is 6.08 Å². The van der Waals surface area contributed by atoms with E-state index in [4.69, 9.17) is 5.73 Å². The maximum Gasteiger partial charge on any atom is 0.416 e. The molecular weight excluding hydrogens is 283 g/mol. The summed E-state index contributed by atoms with van der Waals surface area (Å²) in [6, 6.07) is 2.97. The molecule has 0 bridgehead atoms. The molecule has 0 aromatic heterocycles. The van der Waals surface area contributed by atoms with Gasteiger partial charge in [0.15, 0.2) is 0 Å².